The highest BCUT2D eigenvalue weighted by Gasteiger charge is 2.08. The van der Waals surface area contributed by atoms with Crippen molar-refractivity contribution in [3.05, 3.63) is 58.6 Å². The second kappa shape index (κ2) is 7.53. The molecule has 0 radical (unpaired) electrons. The number of rotatable bonds is 6. The zero-order valence-electron chi connectivity index (χ0n) is 12.1. The van der Waals surface area contributed by atoms with Gasteiger partial charge in [-0.1, -0.05) is 30.7 Å². The Balaban J connectivity index is 2.00. The molecule has 0 N–H and O–H groups in total. The Kier molecular flexibility index (Phi) is 5.71. The summed E-state index contributed by atoms with van der Waals surface area (Å²) in [5.41, 5.74) is 1.68. The van der Waals surface area contributed by atoms with Crippen LogP contribution in [0.5, 0.6) is 5.75 Å². The Morgan fingerprint density at radius 2 is 1.90 bits per heavy atom. The molecule has 2 nitrogen and oxygen atoms in total. The number of aryl methyl sites for hydroxylation is 1. The summed E-state index contributed by atoms with van der Waals surface area (Å²) in [6.45, 7) is 2.06. The average molecular weight is 321 g/mol. The monoisotopic (exact) mass is 320 g/mol. The number of ketones is 1. The van der Waals surface area contributed by atoms with Gasteiger partial charge in [-0.25, -0.2) is 0 Å². The first-order valence-electron chi connectivity index (χ1n) is 6.72. The van der Waals surface area contributed by atoms with Gasteiger partial charge in [0.05, 0.1) is 0 Å². The fraction of sp³-hybridized carbons (Fsp3) is 0.235. The second-order valence-electron chi connectivity index (χ2n) is 4.55. The zero-order valence-corrected chi connectivity index (χ0v) is 13.6. The number of halogens is 1. The molecule has 0 saturated carbocycles. The Morgan fingerprint density at radius 3 is 2.52 bits per heavy atom. The molecule has 0 amide bonds. The van der Waals surface area contributed by atoms with Crippen LogP contribution in [0, 0.1) is 0 Å². The molecule has 0 bridgehead atoms. The number of thioether (sulfide) groups is 1. The Labute approximate surface area is 134 Å². The smallest absolute Gasteiger partial charge is 0.200 e. The van der Waals surface area contributed by atoms with E-state index in [2.05, 4.69) is 0 Å². The van der Waals surface area contributed by atoms with Crippen LogP contribution in [0.3, 0.4) is 0 Å². The molecule has 0 unspecified atom stereocenters. The van der Waals surface area contributed by atoms with Crippen molar-refractivity contribution in [3.8, 4) is 5.75 Å². The van der Waals surface area contributed by atoms with Crippen molar-refractivity contribution in [3.63, 3.8) is 0 Å². The summed E-state index contributed by atoms with van der Waals surface area (Å²) < 4.78 is 5.56. The van der Waals surface area contributed by atoms with Crippen LogP contribution in [0.1, 0.15) is 22.8 Å². The first-order chi connectivity index (χ1) is 10.1. The minimum atomic E-state index is -0.0318. The van der Waals surface area contributed by atoms with Crippen LogP contribution in [0.25, 0.3) is 0 Å². The molecular weight excluding hydrogens is 304 g/mol. The van der Waals surface area contributed by atoms with Crippen LogP contribution in [0.2, 0.25) is 5.02 Å². The van der Waals surface area contributed by atoms with Crippen molar-refractivity contribution in [1.82, 2.24) is 0 Å². The number of carbonyl (C=O) groups excluding carboxylic acids is 1. The van der Waals surface area contributed by atoms with Gasteiger partial charge in [0, 0.05) is 15.5 Å². The van der Waals surface area contributed by atoms with Crippen LogP contribution in [0.4, 0.5) is 0 Å². The van der Waals surface area contributed by atoms with E-state index in [-0.39, 0.29) is 12.4 Å². The van der Waals surface area contributed by atoms with Crippen LogP contribution >= 0.6 is 23.4 Å². The summed E-state index contributed by atoms with van der Waals surface area (Å²) in [4.78, 5) is 13.2. The summed E-state index contributed by atoms with van der Waals surface area (Å²) in [6.07, 6.45) is 2.84. The molecule has 0 saturated heterocycles. The summed E-state index contributed by atoms with van der Waals surface area (Å²) in [6, 6.07) is 13.0. The van der Waals surface area contributed by atoms with E-state index in [0.717, 1.165) is 21.9 Å². The highest BCUT2D eigenvalue weighted by Crippen LogP contribution is 2.22. The Morgan fingerprint density at radius 1 is 1.19 bits per heavy atom. The van der Waals surface area contributed by atoms with E-state index >= 15 is 0 Å². The lowest BCUT2D eigenvalue weighted by atomic mass is 10.1. The second-order valence-corrected chi connectivity index (χ2v) is 5.83. The van der Waals surface area contributed by atoms with Gasteiger partial charge >= 0.3 is 0 Å². The fourth-order valence-corrected chi connectivity index (χ4v) is 2.58. The fourth-order valence-electron chi connectivity index (χ4n) is 1.92. The van der Waals surface area contributed by atoms with Crippen molar-refractivity contribution >= 4 is 29.1 Å². The molecule has 0 aliphatic rings. The minimum absolute atomic E-state index is 0.0312. The molecule has 0 fully saturated rings. The van der Waals surface area contributed by atoms with Gasteiger partial charge in [-0.2, -0.15) is 0 Å². The number of Topliss-reactive ketones (excluding diaryl/α,β-unsaturated/α-hetero) is 1. The maximum Gasteiger partial charge on any atom is 0.200 e. The first kappa shape index (κ1) is 15.9. The highest BCUT2D eigenvalue weighted by atomic mass is 35.5. The Bertz CT molecular complexity index is 623. The van der Waals surface area contributed by atoms with Crippen molar-refractivity contribution in [2.75, 3.05) is 12.9 Å². The quantitative estimate of drug-likeness (QED) is 0.560. The summed E-state index contributed by atoms with van der Waals surface area (Å²) in [5, 5.41) is 0.726. The van der Waals surface area contributed by atoms with Crippen molar-refractivity contribution in [2.45, 2.75) is 18.2 Å². The van der Waals surface area contributed by atoms with Gasteiger partial charge in [-0.05, 0) is 48.6 Å². The molecular formula is C17H17ClO2S. The predicted octanol–water partition coefficient (Wildman–Crippen LogP) is 4.89. The predicted molar refractivity (Wildman–Crippen MR) is 88.9 cm³/mol. The van der Waals surface area contributed by atoms with Gasteiger partial charge in [0.25, 0.3) is 0 Å². The normalized spacial score (nSPS) is 10.4. The molecule has 110 valence electrons. The lowest BCUT2D eigenvalue weighted by Crippen LogP contribution is -2.11. The van der Waals surface area contributed by atoms with Crippen molar-refractivity contribution < 1.29 is 9.53 Å². The lowest BCUT2D eigenvalue weighted by Gasteiger charge is -2.08. The average Bonchev–Trinajstić information content (AvgIpc) is 2.53. The van der Waals surface area contributed by atoms with Crippen molar-refractivity contribution in [2.24, 2.45) is 0 Å². The van der Waals surface area contributed by atoms with E-state index in [4.69, 9.17) is 16.3 Å². The number of ether oxygens (including phenoxy) is 1. The van der Waals surface area contributed by atoms with Gasteiger partial charge in [-0.15, -0.1) is 11.8 Å². The summed E-state index contributed by atoms with van der Waals surface area (Å²) in [7, 11) is 0. The summed E-state index contributed by atoms with van der Waals surface area (Å²) in [5.74, 6) is 0.640. The number of hydrogen-bond donors (Lipinski definition) is 0. The van der Waals surface area contributed by atoms with Crippen LogP contribution in [-0.2, 0) is 6.42 Å². The highest BCUT2D eigenvalue weighted by molar-refractivity contribution is 7.98. The van der Waals surface area contributed by atoms with E-state index in [1.165, 1.54) is 0 Å². The molecule has 2 rings (SSSR count). The molecule has 4 heteroatoms. The molecule has 0 atom stereocenters. The minimum Gasteiger partial charge on any atom is -0.485 e. The standard InChI is InChI=1S/C17H17ClO2S/c1-3-12-10-14(6-9-16(12)18)20-11-17(19)13-4-7-15(21-2)8-5-13/h4-10H,3,11H2,1-2H3. The largest absolute Gasteiger partial charge is 0.485 e. The van der Waals surface area contributed by atoms with E-state index in [9.17, 15) is 4.79 Å². The number of hydrogen-bond acceptors (Lipinski definition) is 3. The molecule has 2 aromatic carbocycles. The number of carbonyl (C=O) groups is 1. The third-order valence-electron chi connectivity index (χ3n) is 3.18. The van der Waals surface area contributed by atoms with Crippen LogP contribution in [0.15, 0.2) is 47.4 Å². The molecule has 0 heterocycles. The van der Waals surface area contributed by atoms with E-state index in [0.29, 0.717) is 11.3 Å². The van der Waals surface area contributed by atoms with E-state index < -0.39 is 0 Å². The van der Waals surface area contributed by atoms with Gasteiger partial charge in [-0.3, -0.25) is 4.79 Å². The SMILES string of the molecule is CCc1cc(OCC(=O)c2ccc(SC)cc2)ccc1Cl. The summed E-state index contributed by atoms with van der Waals surface area (Å²) >= 11 is 7.71. The van der Waals surface area contributed by atoms with Crippen LogP contribution in [-0.4, -0.2) is 18.6 Å². The topological polar surface area (TPSA) is 26.3 Å². The maximum absolute atomic E-state index is 12.1. The van der Waals surface area contributed by atoms with Gasteiger partial charge in [0.2, 0.25) is 0 Å². The van der Waals surface area contributed by atoms with Crippen LogP contribution < -0.4 is 4.74 Å². The first-order valence-corrected chi connectivity index (χ1v) is 8.32. The molecule has 0 aliphatic carbocycles. The van der Waals surface area contributed by atoms with E-state index in [1.807, 2.05) is 43.5 Å². The lowest BCUT2D eigenvalue weighted by molar-refractivity contribution is 0.0921. The maximum atomic E-state index is 12.1. The van der Waals surface area contributed by atoms with E-state index in [1.54, 1.807) is 23.9 Å². The molecule has 0 aliphatic heterocycles. The molecule has 0 spiro atoms. The Hall–Kier alpha value is -1.45. The molecule has 2 aromatic rings. The third-order valence-corrected chi connectivity index (χ3v) is 4.29. The van der Waals surface area contributed by atoms with Gasteiger partial charge < -0.3 is 4.74 Å². The third kappa shape index (κ3) is 4.26. The van der Waals surface area contributed by atoms with Gasteiger partial charge in [0.15, 0.2) is 12.4 Å². The van der Waals surface area contributed by atoms with Crippen molar-refractivity contribution in [1.29, 1.82) is 0 Å². The number of benzene rings is 2. The molecule has 21 heavy (non-hydrogen) atoms. The van der Waals surface area contributed by atoms with Gasteiger partial charge in [0.1, 0.15) is 5.75 Å². The molecule has 0 aromatic heterocycles. The zero-order chi connectivity index (χ0) is 15.2.